The lowest BCUT2D eigenvalue weighted by molar-refractivity contribution is -0.127. The largest absolute Gasteiger partial charge is 0.496 e. The van der Waals surface area contributed by atoms with E-state index in [4.69, 9.17) is 9.47 Å². The normalized spacial score (nSPS) is 14.6. The Morgan fingerprint density at radius 2 is 1.87 bits per heavy atom. The van der Waals surface area contributed by atoms with Gasteiger partial charge in [-0.25, -0.2) is 9.69 Å². The molecule has 1 heterocycles. The van der Waals surface area contributed by atoms with E-state index in [9.17, 15) is 14.4 Å². The zero-order valence-corrected chi connectivity index (χ0v) is 18.9. The predicted molar refractivity (Wildman–Crippen MR) is 120 cm³/mol. The molecule has 162 valence electrons. The van der Waals surface area contributed by atoms with E-state index in [1.165, 1.54) is 20.3 Å². The summed E-state index contributed by atoms with van der Waals surface area (Å²) < 4.78 is 11.2. The number of carbonyl (C=O) groups excluding carboxylic acids is 3. The van der Waals surface area contributed by atoms with Crippen LogP contribution in [0.2, 0.25) is 0 Å². The van der Waals surface area contributed by atoms with Crippen LogP contribution in [-0.2, 0) is 16.0 Å². The molecule has 1 saturated heterocycles. The third-order valence-electron chi connectivity index (χ3n) is 4.74. The fourth-order valence-electron chi connectivity index (χ4n) is 3.15. The molecule has 2 aromatic carbocycles. The second-order valence-corrected chi connectivity index (χ2v) is 7.52. The van der Waals surface area contributed by atoms with Crippen molar-refractivity contribution >= 4 is 45.5 Å². The summed E-state index contributed by atoms with van der Waals surface area (Å²) in [5.74, 6) is -0.0400. The standard InChI is InChI=1S/C22H22BrN3O5/c1-4-13-7-5-6-8-16(13)24-20(27)12-26-21(28)17(25-22(26)29)10-14-9-15(23)19(31-3)11-18(14)30-2/h5-11H,4,12H2,1-3H3,(H,24,27)(H,25,29)/b17-10+. The zero-order valence-electron chi connectivity index (χ0n) is 17.3. The van der Waals surface area contributed by atoms with Crippen LogP contribution in [0.15, 0.2) is 46.6 Å². The smallest absolute Gasteiger partial charge is 0.329 e. The number of halogens is 1. The number of amides is 4. The molecule has 0 radical (unpaired) electrons. The third-order valence-corrected chi connectivity index (χ3v) is 5.36. The maximum absolute atomic E-state index is 12.8. The molecule has 4 amide bonds. The molecule has 0 bridgehead atoms. The number of hydrogen-bond acceptors (Lipinski definition) is 5. The van der Waals surface area contributed by atoms with Crippen LogP contribution in [0.1, 0.15) is 18.1 Å². The number of rotatable bonds is 7. The number of nitrogens with one attached hydrogen (secondary N) is 2. The van der Waals surface area contributed by atoms with E-state index < -0.39 is 24.4 Å². The van der Waals surface area contributed by atoms with E-state index in [2.05, 4.69) is 26.6 Å². The minimum Gasteiger partial charge on any atom is -0.496 e. The first kappa shape index (κ1) is 22.4. The number of para-hydroxylation sites is 1. The van der Waals surface area contributed by atoms with Crippen molar-refractivity contribution in [2.75, 3.05) is 26.1 Å². The van der Waals surface area contributed by atoms with Crippen molar-refractivity contribution < 1.29 is 23.9 Å². The second-order valence-electron chi connectivity index (χ2n) is 6.67. The van der Waals surface area contributed by atoms with Crippen LogP contribution in [0.3, 0.4) is 0 Å². The molecular weight excluding hydrogens is 466 g/mol. The predicted octanol–water partition coefficient (Wildman–Crippen LogP) is 3.56. The summed E-state index contributed by atoms with van der Waals surface area (Å²) in [6.07, 6.45) is 2.24. The number of nitrogens with zero attached hydrogens (tertiary/aromatic N) is 1. The van der Waals surface area contributed by atoms with E-state index >= 15 is 0 Å². The molecule has 0 unspecified atom stereocenters. The highest BCUT2D eigenvalue weighted by molar-refractivity contribution is 9.10. The van der Waals surface area contributed by atoms with Gasteiger partial charge in [0.25, 0.3) is 5.91 Å². The Balaban J connectivity index is 1.78. The number of hydrogen-bond donors (Lipinski definition) is 2. The van der Waals surface area contributed by atoms with Gasteiger partial charge in [0.1, 0.15) is 23.7 Å². The molecule has 1 aliphatic heterocycles. The number of aryl methyl sites for hydroxylation is 1. The number of anilines is 1. The van der Waals surface area contributed by atoms with Gasteiger partial charge in [-0.2, -0.15) is 0 Å². The Hall–Kier alpha value is -3.33. The molecule has 9 heteroatoms. The molecule has 0 aromatic heterocycles. The Morgan fingerprint density at radius 3 is 2.55 bits per heavy atom. The van der Waals surface area contributed by atoms with Gasteiger partial charge >= 0.3 is 6.03 Å². The highest BCUT2D eigenvalue weighted by atomic mass is 79.9. The van der Waals surface area contributed by atoms with Gasteiger partial charge in [-0.1, -0.05) is 25.1 Å². The van der Waals surface area contributed by atoms with E-state index in [1.807, 2.05) is 25.1 Å². The minimum atomic E-state index is -0.665. The average Bonchev–Trinajstić information content (AvgIpc) is 3.01. The Labute approximate surface area is 188 Å². The van der Waals surface area contributed by atoms with Crippen LogP contribution in [-0.4, -0.2) is 43.5 Å². The first-order valence-corrected chi connectivity index (χ1v) is 10.3. The number of benzene rings is 2. The molecule has 0 aliphatic carbocycles. The van der Waals surface area contributed by atoms with Gasteiger partial charge in [-0.05, 0) is 46.1 Å². The number of urea groups is 1. The zero-order chi connectivity index (χ0) is 22.5. The van der Waals surface area contributed by atoms with Crippen molar-refractivity contribution in [3.05, 3.63) is 57.7 Å². The lowest BCUT2D eigenvalue weighted by Crippen LogP contribution is -2.38. The molecular formula is C22H22BrN3O5. The van der Waals surface area contributed by atoms with Crippen LogP contribution in [0, 0.1) is 0 Å². The number of carbonyl (C=O) groups is 3. The van der Waals surface area contributed by atoms with Crippen molar-refractivity contribution in [3.63, 3.8) is 0 Å². The summed E-state index contributed by atoms with van der Waals surface area (Å²) in [5.41, 5.74) is 2.22. The number of methoxy groups -OCH3 is 2. The van der Waals surface area contributed by atoms with E-state index in [0.29, 0.717) is 27.2 Å². The van der Waals surface area contributed by atoms with Gasteiger partial charge in [-0.3, -0.25) is 9.59 Å². The highest BCUT2D eigenvalue weighted by Gasteiger charge is 2.35. The van der Waals surface area contributed by atoms with E-state index in [0.717, 1.165) is 16.9 Å². The lowest BCUT2D eigenvalue weighted by Gasteiger charge is -2.13. The van der Waals surface area contributed by atoms with E-state index in [-0.39, 0.29) is 5.70 Å². The number of imide groups is 1. The minimum absolute atomic E-state index is 0.0436. The summed E-state index contributed by atoms with van der Waals surface area (Å²) in [6.45, 7) is 1.58. The Bertz CT molecular complexity index is 1070. The van der Waals surface area contributed by atoms with E-state index in [1.54, 1.807) is 18.2 Å². The van der Waals surface area contributed by atoms with Crippen LogP contribution in [0.5, 0.6) is 11.5 Å². The maximum Gasteiger partial charge on any atom is 0.329 e. The van der Waals surface area contributed by atoms with Gasteiger partial charge in [0.2, 0.25) is 5.91 Å². The van der Waals surface area contributed by atoms with Gasteiger partial charge in [0.15, 0.2) is 0 Å². The summed E-state index contributed by atoms with van der Waals surface area (Å²) in [4.78, 5) is 38.4. The van der Waals surface area contributed by atoms with Crippen molar-refractivity contribution in [1.29, 1.82) is 0 Å². The number of ether oxygens (including phenoxy) is 2. The second kappa shape index (κ2) is 9.65. The molecule has 1 fully saturated rings. The van der Waals surface area contributed by atoms with Crippen LogP contribution >= 0.6 is 15.9 Å². The van der Waals surface area contributed by atoms with Crippen LogP contribution < -0.4 is 20.1 Å². The van der Waals surface area contributed by atoms with Gasteiger partial charge in [0.05, 0.1) is 18.7 Å². The SMILES string of the molecule is CCc1ccccc1NC(=O)CN1C(=O)N/C(=C/c2cc(Br)c(OC)cc2OC)C1=O. The molecule has 1 aliphatic rings. The third kappa shape index (κ3) is 4.88. The molecule has 8 nitrogen and oxygen atoms in total. The first-order chi connectivity index (χ1) is 14.9. The molecule has 0 atom stereocenters. The monoisotopic (exact) mass is 487 g/mol. The quantitative estimate of drug-likeness (QED) is 0.459. The molecule has 2 N–H and O–H groups in total. The molecule has 2 aromatic rings. The highest BCUT2D eigenvalue weighted by Crippen LogP contribution is 2.34. The summed E-state index contributed by atoms with van der Waals surface area (Å²) in [7, 11) is 3.02. The molecule has 0 spiro atoms. The van der Waals surface area contributed by atoms with Crippen molar-refractivity contribution in [3.8, 4) is 11.5 Å². The topological polar surface area (TPSA) is 97.0 Å². The Morgan fingerprint density at radius 1 is 1.16 bits per heavy atom. The van der Waals surface area contributed by atoms with Gasteiger partial charge in [0, 0.05) is 17.3 Å². The lowest BCUT2D eigenvalue weighted by atomic mass is 10.1. The van der Waals surface area contributed by atoms with Gasteiger partial charge in [-0.15, -0.1) is 0 Å². The fourth-order valence-corrected chi connectivity index (χ4v) is 3.67. The van der Waals surface area contributed by atoms with Crippen molar-refractivity contribution in [2.24, 2.45) is 0 Å². The fraction of sp³-hybridized carbons (Fsp3) is 0.227. The van der Waals surface area contributed by atoms with Gasteiger partial charge < -0.3 is 20.1 Å². The maximum atomic E-state index is 12.8. The van der Waals surface area contributed by atoms with Crippen LogP contribution in [0.4, 0.5) is 10.5 Å². The van der Waals surface area contributed by atoms with Crippen molar-refractivity contribution in [1.82, 2.24) is 10.2 Å². The van der Waals surface area contributed by atoms with Crippen LogP contribution in [0.25, 0.3) is 6.08 Å². The molecule has 3 rings (SSSR count). The first-order valence-electron chi connectivity index (χ1n) is 9.51. The Kier molecular flexibility index (Phi) is 6.96. The molecule has 0 saturated carbocycles. The van der Waals surface area contributed by atoms with Crippen molar-refractivity contribution in [2.45, 2.75) is 13.3 Å². The summed E-state index contributed by atoms with van der Waals surface area (Å²) in [5, 5.41) is 5.27. The average molecular weight is 488 g/mol. The summed E-state index contributed by atoms with van der Waals surface area (Å²) in [6, 6.07) is 10.1. The summed E-state index contributed by atoms with van der Waals surface area (Å²) >= 11 is 3.39. The molecule has 31 heavy (non-hydrogen) atoms.